The van der Waals surface area contributed by atoms with Gasteiger partial charge in [0, 0.05) is 24.6 Å². The van der Waals surface area contributed by atoms with Gasteiger partial charge in [0.1, 0.15) is 24.7 Å². The Morgan fingerprint density at radius 1 is 1.04 bits per heavy atom. The topological polar surface area (TPSA) is 68.8 Å². The molecule has 2 N–H and O–H groups in total. The number of anilines is 2. The standard InChI is InChI=1S/C20H24N2O4/c1-3-11-25-19-6-4-5-17(14-19)22-20(23)15-21-16-7-9-18(10-8-16)26-13-12-24-2/h3-10,14,21H,1,11-13,15H2,2H3,(H,22,23). The van der Waals surface area contributed by atoms with Crippen molar-refractivity contribution < 1.29 is 19.0 Å². The molecule has 0 aliphatic rings. The lowest BCUT2D eigenvalue weighted by Gasteiger charge is -2.10. The van der Waals surface area contributed by atoms with Crippen molar-refractivity contribution in [3.63, 3.8) is 0 Å². The zero-order chi connectivity index (χ0) is 18.6. The number of hydrogen-bond acceptors (Lipinski definition) is 5. The van der Waals surface area contributed by atoms with Crippen LogP contribution in [0, 0.1) is 0 Å². The summed E-state index contributed by atoms with van der Waals surface area (Å²) in [5.74, 6) is 1.29. The van der Waals surface area contributed by atoms with Gasteiger partial charge in [-0.1, -0.05) is 18.7 Å². The summed E-state index contributed by atoms with van der Waals surface area (Å²) >= 11 is 0. The molecule has 0 radical (unpaired) electrons. The van der Waals surface area contributed by atoms with E-state index in [4.69, 9.17) is 14.2 Å². The van der Waals surface area contributed by atoms with Gasteiger partial charge in [0.05, 0.1) is 13.2 Å². The normalized spacial score (nSPS) is 10.0. The van der Waals surface area contributed by atoms with E-state index in [0.717, 1.165) is 11.4 Å². The Hall–Kier alpha value is -2.99. The number of hydrogen-bond donors (Lipinski definition) is 2. The minimum absolute atomic E-state index is 0.147. The summed E-state index contributed by atoms with van der Waals surface area (Å²) in [5.41, 5.74) is 1.52. The number of nitrogens with one attached hydrogen (secondary N) is 2. The van der Waals surface area contributed by atoms with Gasteiger partial charge in [-0.3, -0.25) is 4.79 Å². The van der Waals surface area contributed by atoms with E-state index in [1.165, 1.54) is 0 Å². The van der Waals surface area contributed by atoms with E-state index in [0.29, 0.717) is 31.3 Å². The molecule has 0 saturated carbocycles. The van der Waals surface area contributed by atoms with Crippen LogP contribution in [0.25, 0.3) is 0 Å². The molecule has 0 spiro atoms. The lowest BCUT2D eigenvalue weighted by Crippen LogP contribution is -2.21. The van der Waals surface area contributed by atoms with E-state index in [2.05, 4.69) is 17.2 Å². The van der Waals surface area contributed by atoms with Crippen molar-refractivity contribution in [1.82, 2.24) is 0 Å². The molecule has 2 aromatic rings. The van der Waals surface area contributed by atoms with Crippen LogP contribution in [-0.2, 0) is 9.53 Å². The van der Waals surface area contributed by atoms with Crippen molar-refractivity contribution in [2.75, 3.05) is 44.1 Å². The first-order chi connectivity index (χ1) is 12.7. The minimum Gasteiger partial charge on any atom is -0.491 e. The molecule has 0 aromatic heterocycles. The highest BCUT2D eigenvalue weighted by Crippen LogP contribution is 2.18. The summed E-state index contributed by atoms with van der Waals surface area (Å²) < 4.78 is 15.9. The van der Waals surface area contributed by atoms with Crippen LogP contribution in [0.5, 0.6) is 11.5 Å². The molecule has 0 unspecified atom stereocenters. The molecule has 6 nitrogen and oxygen atoms in total. The quantitative estimate of drug-likeness (QED) is 0.477. The van der Waals surface area contributed by atoms with Crippen molar-refractivity contribution >= 4 is 17.3 Å². The van der Waals surface area contributed by atoms with Gasteiger partial charge in [0.25, 0.3) is 0 Å². The van der Waals surface area contributed by atoms with E-state index < -0.39 is 0 Å². The van der Waals surface area contributed by atoms with Gasteiger partial charge in [-0.15, -0.1) is 0 Å². The third kappa shape index (κ3) is 6.86. The van der Waals surface area contributed by atoms with Crippen LogP contribution in [0.15, 0.2) is 61.2 Å². The van der Waals surface area contributed by atoms with Crippen LogP contribution >= 0.6 is 0 Å². The Bertz CT molecular complexity index is 701. The second kappa shape index (κ2) is 10.8. The maximum atomic E-state index is 12.1. The molecule has 2 rings (SSSR count). The zero-order valence-corrected chi connectivity index (χ0v) is 14.9. The van der Waals surface area contributed by atoms with Crippen LogP contribution in [0.3, 0.4) is 0 Å². The third-order valence-electron chi connectivity index (χ3n) is 3.35. The number of ether oxygens (including phenoxy) is 3. The van der Waals surface area contributed by atoms with Gasteiger partial charge in [0.2, 0.25) is 5.91 Å². The average molecular weight is 356 g/mol. The number of amides is 1. The lowest BCUT2D eigenvalue weighted by molar-refractivity contribution is -0.114. The first-order valence-electron chi connectivity index (χ1n) is 8.30. The summed E-state index contributed by atoms with van der Waals surface area (Å²) in [4.78, 5) is 12.1. The first-order valence-corrected chi connectivity index (χ1v) is 8.30. The van der Waals surface area contributed by atoms with Gasteiger partial charge in [-0.05, 0) is 36.4 Å². The Balaban J connectivity index is 1.78. The van der Waals surface area contributed by atoms with Crippen LogP contribution in [-0.4, -0.2) is 39.4 Å². The van der Waals surface area contributed by atoms with Crippen molar-refractivity contribution in [3.8, 4) is 11.5 Å². The lowest BCUT2D eigenvalue weighted by atomic mass is 10.3. The van der Waals surface area contributed by atoms with E-state index >= 15 is 0 Å². The molecule has 0 atom stereocenters. The summed E-state index contributed by atoms with van der Waals surface area (Å²) in [6.07, 6.45) is 1.67. The van der Waals surface area contributed by atoms with Crippen LogP contribution in [0.2, 0.25) is 0 Å². The Kier molecular flexibility index (Phi) is 8.02. The van der Waals surface area contributed by atoms with Crippen LogP contribution in [0.1, 0.15) is 0 Å². The number of carbonyl (C=O) groups excluding carboxylic acids is 1. The summed E-state index contributed by atoms with van der Waals surface area (Å²) in [6.45, 7) is 5.23. The van der Waals surface area contributed by atoms with E-state index in [9.17, 15) is 4.79 Å². The Labute approximate surface area is 153 Å². The molecular weight excluding hydrogens is 332 g/mol. The molecule has 0 saturated heterocycles. The molecule has 0 aliphatic carbocycles. The van der Waals surface area contributed by atoms with Crippen molar-refractivity contribution in [2.45, 2.75) is 0 Å². The van der Waals surface area contributed by atoms with Crippen molar-refractivity contribution in [1.29, 1.82) is 0 Å². The molecule has 2 aromatic carbocycles. The van der Waals surface area contributed by atoms with E-state index in [1.807, 2.05) is 42.5 Å². The smallest absolute Gasteiger partial charge is 0.243 e. The molecule has 138 valence electrons. The largest absolute Gasteiger partial charge is 0.491 e. The number of carbonyl (C=O) groups is 1. The fraction of sp³-hybridized carbons (Fsp3) is 0.250. The van der Waals surface area contributed by atoms with Gasteiger partial charge in [-0.25, -0.2) is 0 Å². The Morgan fingerprint density at radius 3 is 2.58 bits per heavy atom. The monoisotopic (exact) mass is 356 g/mol. The third-order valence-corrected chi connectivity index (χ3v) is 3.35. The van der Waals surface area contributed by atoms with Gasteiger partial charge in [-0.2, -0.15) is 0 Å². The summed E-state index contributed by atoms with van der Waals surface area (Å²) in [5, 5.41) is 5.90. The Morgan fingerprint density at radius 2 is 1.85 bits per heavy atom. The SMILES string of the molecule is C=CCOc1cccc(NC(=O)CNc2ccc(OCCOC)cc2)c1. The molecule has 1 amide bonds. The number of benzene rings is 2. The summed E-state index contributed by atoms with van der Waals surface area (Å²) in [6, 6.07) is 14.6. The molecular formula is C20H24N2O4. The maximum absolute atomic E-state index is 12.1. The predicted molar refractivity (Wildman–Crippen MR) is 103 cm³/mol. The second-order valence-corrected chi connectivity index (χ2v) is 5.39. The van der Waals surface area contributed by atoms with E-state index in [1.54, 1.807) is 19.3 Å². The average Bonchev–Trinajstić information content (AvgIpc) is 2.66. The minimum atomic E-state index is -0.147. The van der Waals surface area contributed by atoms with Gasteiger partial charge in [0.15, 0.2) is 0 Å². The van der Waals surface area contributed by atoms with Crippen LogP contribution < -0.4 is 20.1 Å². The number of methoxy groups -OCH3 is 1. The molecule has 6 heteroatoms. The highest BCUT2D eigenvalue weighted by molar-refractivity contribution is 5.93. The molecule has 0 heterocycles. The zero-order valence-electron chi connectivity index (χ0n) is 14.9. The van der Waals surface area contributed by atoms with Gasteiger partial charge >= 0.3 is 0 Å². The fourth-order valence-electron chi connectivity index (χ4n) is 2.12. The fourth-order valence-corrected chi connectivity index (χ4v) is 2.12. The highest BCUT2D eigenvalue weighted by Gasteiger charge is 2.04. The molecule has 0 bridgehead atoms. The van der Waals surface area contributed by atoms with Crippen LogP contribution in [0.4, 0.5) is 11.4 Å². The predicted octanol–water partition coefficient (Wildman–Crippen LogP) is 3.33. The van der Waals surface area contributed by atoms with Crippen molar-refractivity contribution in [2.24, 2.45) is 0 Å². The van der Waals surface area contributed by atoms with Gasteiger partial charge < -0.3 is 24.8 Å². The molecule has 26 heavy (non-hydrogen) atoms. The molecule has 0 aliphatic heterocycles. The van der Waals surface area contributed by atoms with E-state index in [-0.39, 0.29) is 12.5 Å². The molecule has 0 fully saturated rings. The van der Waals surface area contributed by atoms with Crippen molar-refractivity contribution in [3.05, 3.63) is 61.2 Å². The second-order valence-electron chi connectivity index (χ2n) is 5.39. The summed E-state index contributed by atoms with van der Waals surface area (Å²) in [7, 11) is 1.63. The highest BCUT2D eigenvalue weighted by atomic mass is 16.5. The maximum Gasteiger partial charge on any atom is 0.243 e. The first kappa shape index (κ1) is 19.3. The number of rotatable bonds is 11.